The minimum Gasteiger partial charge on any atom is -0.449 e. The minimum atomic E-state index is -1.44. The van der Waals surface area contributed by atoms with Crippen LogP contribution in [0.4, 0.5) is 4.79 Å². The second-order valence-corrected chi connectivity index (χ2v) is 4.40. The summed E-state index contributed by atoms with van der Waals surface area (Å²) < 4.78 is 5.70. The second-order valence-electron chi connectivity index (χ2n) is 4.40. The number of fused-ring (bicyclic) bond motifs is 1. The van der Waals surface area contributed by atoms with Gasteiger partial charge in [0.15, 0.2) is 5.75 Å². The molecule has 8 heteroatoms. The average molecular weight is 286 g/mol. The van der Waals surface area contributed by atoms with Gasteiger partial charge < -0.3 is 9.84 Å². The van der Waals surface area contributed by atoms with Crippen LogP contribution < -0.4 is 10.3 Å². The predicted molar refractivity (Wildman–Crippen MR) is 72.9 cm³/mol. The standard InChI is InChI=1S/C13H10N4O4/c1-7-2-3-10-9(4-7)11(18)16-12(15-10)17-6-8(5-14-17)21-13(19)20/h2-6H,1H3,(H,19,20)(H,15,16,18). The first-order chi connectivity index (χ1) is 10.0. The summed E-state index contributed by atoms with van der Waals surface area (Å²) in [6, 6.07) is 5.33. The van der Waals surface area contributed by atoms with E-state index in [1.165, 1.54) is 17.1 Å². The maximum Gasteiger partial charge on any atom is 0.511 e. The molecule has 0 bridgehead atoms. The zero-order valence-electron chi connectivity index (χ0n) is 10.9. The molecule has 0 spiro atoms. The first-order valence-corrected chi connectivity index (χ1v) is 5.99. The molecule has 3 aromatic rings. The molecule has 8 nitrogen and oxygen atoms in total. The number of carboxylic acid groups (broad SMARTS) is 1. The van der Waals surface area contributed by atoms with Crippen molar-refractivity contribution in [2.45, 2.75) is 6.92 Å². The van der Waals surface area contributed by atoms with Crippen molar-refractivity contribution in [2.75, 3.05) is 0 Å². The van der Waals surface area contributed by atoms with E-state index in [0.717, 1.165) is 5.56 Å². The Hall–Kier alpha value is -3.16. The Kier molecular flexibility index (Phi) is 2.90. The smallest absolute Gasteiger partial charge is 0.449 e. The topological polar surface area (TPSA) is 110 Å². The number of aromatic amines is 1. The van der Waals surface area contributed by atoms with Crippen LogP contribution >= 0.6 is 0 Å². The molecule has 2 heterocycles. The van der Waals surface area contributed by atoms with Crippen LogP contribution in [0.2, 0.25) is 0 Å². The van der Waals surface area contributed by atoms with E-state index in [9.17, 15) is 9.59 Å². The van der Waals surface area contributed by atoms with E-state index in [-0.39, 0.29) is 17.3 Å². The normalized spacial score (nSPS) is 10.7. The minimum absolute atomic E-state index is 0.0363. The summed E-state index contributed by atoms with van der Waals surface area (Å²) in [6.07, 6.45) is 1.09. The number of hydrogen-bond acceptors (Lipinski definition) is 5. The number of nitrogens with one attached hydrogen (secondary N) is 1. The Bertz CT molecular complexity index is 897. The molecule has 0 radical (unpaired) electrons. The predicted octanol–water partition coefficient (Wildman–Crippen LogP) is 1.47. The molecule has 0 saturated carbocycles. The summed E-state index contributed by atoms with van der Waals surface area (Å²) in [5.74, 6) is 0.214. The molecular formula is C13H10N4O4. The molecule has 0 unspecified atom stereocenters. The van der Waals surface area contributed by atoms with E-state index in [1.807, 2.05) is 13.0 Å². The van der Waals surface area contributed by atoms with Gasteiger partial charge in [-0.2, -0.15) is 5.10 Å². The number of aryl methyl sites for hydroxylation is 1. The molecule has 0 aliphatic rings. The Morgan fingerprint density at radius 2 is 2.24 bits per heavy atom. The fraction of sp³-hybridized carbons (Fsp3) is 0.0769. The summed E-state index contributed by atoms with van der Waals surface area (Å²) in [4.78, 5) is 29.4. The number of benzene rings is 1. The summed E-state index contributed by atoms with van der Waals surface area (Å²) >= 11 is 0. The first-order valence-electron chi connectivity index (χ1n) is 5.99. The van der Waals surface area contributed by atoms with E-state index in [2.05, 4.69) is 19.8 Å². The van der Waals surface area contributed by atoms with Crippen molar-refractivity contribution in [1.82, 2.24) is 19.7 Å². The second kappa shape index (κ2) is 4.75. The molecule has 2 N–H and O–H groups in total. The fourth-order valence-electron chi connectivity index (χ4n) is 1.92. The zero-order chi connectivity index (χ0) is 15.0. The van der Waals surface area contributed by atoms with Crippen LogP contribution in [0.3, 0.4) is 0 Å². The number of rotatable bonds is 2. The van der Waals surface area contributed by atoms with Crippen LogP contribution in [0, 0.1) is 6.92 Å². The molecule has 3 rings (SSSR count). The molecule has 106 valence electrons. The van der Waals surface area contributed by atoms with Crippen LogP contribution in [-0.4, -0.2) is 31.0 Å². The highest BCUT2D eigenvalue weighted by atomic mass is 16.7. The number of nitrogens with zero attached hydrogens (tertiary/aromatic N) is 3. The molecule has 21 heavy (non-hydrogen) atoms. The van der Waals surface area contributed by atoms with Gasteiger partial charge >= 0.3 is 6.16 Å². The van der Waals surface area contributed by atoms with E-state index < -0.39 is 6.16 Å². The van der Waals surface area contributed by atoms with Gasteiger partial charge in [-0.3, -0.25) is 9.78 Å². The summed E-state index contributed by atoms with van der Waals surface area (Å²) in [5.41, 5.74) is 1.18. The summed E-state index contributed by atoms with van der Waals surface area (Å²) in [5, 5.41) is 12.9. The van der Waals surface area contributed by atoms with Gasteiger partial charge in [-0.25, -0.2) is 14.5 Å². The Balaban J connectivity index is 2.08. The van der Waals surface area contributed by atoms with Crippen molar-refractivity contribution in [2.24, 2.45) is 0 Å². The number of hydrogen-bond donors (Lipinski definition) is 2. The highest BCUT2D eigenvalue weighted by Gasteiger charge is 2.09. The van der Waals surface area contributed by atoms with Gasteiger partial charge in [0, 0.05) is 0 Å². The van der Waals surface area contributed by atoms with Gasteiger partial charge in [-0.1, -0.05) is 11.6 Å². The lowest BCUT2D eigenvalue weighted by Crippen LogP contribution is -2.13. The lowest BCUT2D eigenvalue weighted by Gasteiger charge is -2.03. The van der Waals surface area contributed by atoms with Gasteiger partial charge in [0.05, 0.1) is 23.3 Å². The van der Waals surface area contributed by atoms with Crippen LogP contribution in [0.25, 0.3) is 16.9 Å². The van der Waals surface area contributed by atoms with Crippen molar-refractivity contribution < 1.29 is 14.6 Å². The van der Waals surface area contributed by atoms with Crippen LogP contribution in [0.15, 0.2) is 35.4 Å². The molecule has 0 saturated heterocycles. The maximum atomic E-state index is 12.0. The molecule has 0 atom stereocenters. The molecule has 1 aromatic carbocycles. The lowest BCUT2D eigenvalue weighted by atomic mass is 10.2. The largest absolute Gasteiger partial charge is 0.511 e. The summed E-state index contributed by atoms with van der Waals surface area (Å²) in [7, 11) is 0. The summed E-state index contributed by atoms with van der Waals surface area (Å²) in [6.45, 7) is 1.88. The fourth-order valence-corrected chi connectivity index (χ4v) is 1.92. The van der Waals surface area contributed by atoms with E-state index >= 15 is 0 Å². The molecule has 0 fully saturated rings. The van der Waals surface area contributed by atoms with Gasteiger partial charge in [0.25, 0.3) is 5.56 Å². The molecule has 2 aromatic heterocycles. The van der Waals surface area contributed by atoms with E-state index in [4.69, 9.17) is 5.11 Å². The molecule has 0 aliphatic heterocycles. The lowest BCUT2D eigenvalue weighted by molar-refractivity contribution is 0.144. The molecule has 0 aliphatic carbocycles. The van der Waals surface area contributed by atoms with Crippen LogP contribution in [0.1, 0.15) is 5.56 Å². The SMILES string of the molecule is Cc1ccc2nc(-n3cc(OC(=O)O)cn3)[nH]c(=O)c2c1. The number of carbonyl (C=O) groups is 1. The highest BCUT2D eigenvalue weighted by Crippen LogP contribution is 2.13. The maximum absolute atomic E-state index is 12.0. The number of aromatic nitrogens is 4. The van der Waals surface area contributed by atoms with Gasteiger partial charge in [-0.15, -0.1) is 0 Å². The van der Waals surface area contributed by atoms with Gasteiger partial charge in [0.1, 0.15) is 0 Å². The Morgan fingerprint density at radius 3 is 3.00 bits per heavy atom. The van der Waals surface area contributed by atoms with E-state index in [1.54, 1.807) is 12.1 Å². The van der Waals surface area contributed by atoms with Crippen LogP contribution in [0.5, 0.6) is 5.75 Å². The Labute approximate surface area is 117 Å². The van der Waals surface area contributed by atoms with Crippen molar-refractivity contribution in [3.8, 4) is 11.7 Å². The number of H-pyrrole nitrogens is 1. The zero-order valence-corrected chi connectivity index (χ0v) is 10.9. The molecule has 0 amide bonds. The third kappa shape index (κ3) is 2.46. The number of ether oxygens (including phenoxy) is 1. The van der Waals surface area contributed by atoms with E-state index in [0.29, 0.717) is 10.9 Å². The van der Waals surface area contributed by atoms with Gasteiger partial charge in [-0.05, 0) is 19.1 Å². The quantitative estimate of drug-likeness (QED) is 0.690. The van der Waals surface area contributed by atoms with Crippen molar-refractivity contribution >= 4 is 17.1 Å². The van der Waals surface area contributed by atoms with Crippen molar-refractivity contribution in [1.29, 1.82) is 0 Å². The first kappa shape index (κ1) is 12.9. The Morgan fingerprint density at radius 1 is 1.43 bits per heavy atom. The van der Waals surface area contributed by atoms with Crippen molar-refractivity contribution in [3.05, 3.63) is 46.5 Å². The monoisotopic (exact) mass is 286 g/mol. The average Bonchev–Trinajstić information content (AvgIpc) is 2.87. The highest BCUT2D eigenvalue weighted by molar-refractivity contribution is 5.78. The third-order valence-electron chi connectivity index (χ3n) is 2.83. The molecular weight excluding hydrogens is 276 g/mol. The van der Waals surface area contributed by atoms with Crippen molar-refractivity contribution in [3.63, 3.8) is 0 Å². The van der Waals surface area contributed by atoms with Gasteiger partial charge in [0.2, 0.25) is 5.95 Å². The van der Waals surface area contributed by atoms with Crippen LogP contribution in [-0.2, 0) is 0 Å². The third-order valence-corrected chi connectivity index (χ3v) is 2.83.